The van der Waals surface area contributed by atoms with E-state index in [9.17, 15) is 29.3 Å². The number of aliphatic hydroxyl groups excluding tert-OH is 1. The molecule has 1 unspecified atom stereocenters. The summed E-state index contributed by atoms with van der Waals surface area (Å²) in [6.45, 7) is 4.41. The molecule has 3 saturated heterocycles. The molecule has 306 valence electrons. The molecule has 58 heavy (non-hydrogen) atoms. The number of nitrogens with zero attached hydrogens (tertiary/aromatic N) is 2. The van der Waals surface area contributed by atoms with Crippen LogP contribution in [0.3, 0.4) is 0 Å². The molecule has 0 saturated carbocycles. The van der Waals surface area contributed by atoms with Crippen LogP contribution in [0, 0.1) is 11.7 Å². The molecule has 1 amide bonds. The van der Waals surface area contributed by atoms with E-state index in [1.165, 1.54) is 24.3 Å². The van der Waals surface area contributed by atoms with Gasteiger partial charge in [0.2, 0.25) is 5.56 Å². The van der Waals surface area contributed by atoms with Crippen molar-refractivity contribution in [3.63, 3.8) is 0 Å². The fourth-order valence-electron chi connectivity index (χ4n) is 8.86. The van der Waals surface area contributed by atoms with Crippen LogP contribution in [-0.4, -0.2) is 81.6 Å². The minimum absolute atomic E-state index is 0.0247. The molecule has 5 aromatic rings. The predicted molar refractivity (Wildman–Crippen MR) is 225 cm³/mol. The number of fused-ring (bicyclic) bond motifs is 4. The number of aromatic nitrogens is 1. The van der Waals surface area contributed by atoms with E-state index in [0.717, 1.165) is 101 Å². The normalized spacial score (nSPS) is 18.6. The molecule has 3 atom stereocenters. The van der Waals surface area contributed by atoms with Gasteiger partial charge >= 0.3 is 6.09 Å². The van der Waals surface area contributed by atoms with Crippen LogP contribution in [0.15, 0.2) is 102 Å². The van der Waals surface area contributed by atoms with E-state index in [0.29, 0.717) is 46.8 Å². The Bertz CT molecular complexity index is 2190. The van der Waals surface area contributed by atoms with Gasteiger partial charge < -0.3 is 35.3 Å². The van der Waals surface area contributed by atoms with E-state index < -0.39 is 18.2 Å². The average Bonchev–Trinajstić information content (AvgIpc) is 3.23. The lowest BCUT2D eigenvalue weighted by atomic mass is 9.81. The summed E-state index contributed by atoms with van der Waals surface area (Å²) in [5.41, 5.74) is 3.86. The Morgan fingerprint density at radius 3 is 2.34 bits per heavy atom. The molecule has 2 bridgehead atoms. The van der Waals surface area contributed by atoms with Crippen LogP contribution in [0.5, 0.6) is 11.5 Å². The number of aliphatic hydroxyl groups is 1. The number of carboxylic acid groups (broad SMARTS) is 1. The SMILES string of the molecule is O=C(O)N(C1CN2CCC1CC2)[C@H](c1ccccc1)c1cc(OCCCCCCCCCNC[C@H](O)c2ccc(O)c3[nH]c(=O)ccc23)cc(-c2cccc(F)c2)c1. The summed E-state index contributed by atoms with van der Waals surface area (Å²) >= 11 is 0. The van der Waals surface area contributed by atoms with E-state index in [1.54, 1.807) is 23.1 Å². The Labute approximate surface area is 339 Å². The van der Waals surface area contributed by atoms with E-state index in [4.69, 9.17) is 4.74 Å². The fraction of sp³-hybridized carbons (Fsp3) is 0.404. The van der Waals surface area contributed by atoms with Gasteiger partial charge in [0.1, 0.15) is 17.3 Å². The number of nitrogens with one attached hydrogen (secondary N) is 2. The number of piperidine rings is 3. The lowest BCUT2D eigenvalue weighted by molar-refractivity contribution is -0.000806. The third-order valence-corrected chi connectivity index (χ3v) is 11.9. The Kier molecular flexibility index (Phi) is 13.8. The van der Waals surface area contributed by atoms with Gasteiger partial charge in [0.05, 0.1) is 30.3 Å². The molecular formula is C47H55FN4O6. The Hall–Kier alpha value is -5.23. The van der Waals surface area contributed by atoms with Gasteiger partial charge in [-0.05, 0) is 122 Å². The van der Waals surface area contributed by atoms with E-state index in [2.05, 4.69) is 15.2 Å². The van der Waals surface area contributed by atoms with Crippen LogP contribution < -0.4 is 15.6 Å². The second kappa shape index (κ2) is 19.5. The molecule has 3 aliphatic heterocycles. The van der Waals surface area contributed by atoms with Crippen molar-refractivity contribution in [3.05, 3.63) is 130 Å². The maximum Gasteiger partial charge on any atom is 0.408 e. The third kappa shape index (κ3) is 10.1. The number of H-pyrrole nitrogens is 1. The maximum absolute atomic E-state index is 14.5. The highest BCUT2D eigenvalue weighted by Crippen LogP contribution is 2.41. The number of unbranched alkanes of at least 4 members (excludes halogenated alkanes) is 6. The number of ether oxygens (including phenoxy) is 1. The fourth-order valence-corrected chi connectivity index (χ4v) is 8.86. The van der Waals surface area contributed by atoms with E-state index >= 15 is 0 Å². The van der Waals surface area contributed by atoms with Gasteiger partial charge in [0.25, 0.3) is 0 Å². The molecule has 5 N–H and O–H groups in total. The number of aromatic hydroxyl groups is 1. The highest BCUT2D eigenvalue weighted by atomic mass is 19.1. The zero-order valence-electron chi connectivity index (χ0n) is 33.0. The van der Waals surface area contributed by atoms with Gasteiger partial charge in [-0.15, -0.1) is 0 Å². The van der Waals surface area contributed by atoms with Crippen molar-refractivity contribution in [1.29, 1.82) is 0 Å². The first-order valence-electron chi connectivity index (χ1n) is 20.8. The number of phenolic OH excluding ortho intramolecular Hbond substituents is 1. The molecule has 3 fully saturated rings. The number of benzene rings is 4. The number of carbonyl (C=O) groups is 1. The minimum Gasteiger partial charge on any atom is -0.506 e. The maximum atomic E-state index is 14.5. The highest BCUT2D eigenvalue weighted by Gasteiger charge is 2.43. The number of aromatic amines is 1. The Morgan fingerprint density at radius 1 is 0.862 bits per heavy atom. The molecule has 1 aromatic heterocycles. The molecule has 0 radical (unpaired) electrons. The largest absolute Gasteiger partial charge is 0.506 e. The molecule has 8 rings (SSSR count). The standard InChI is InChI=1S/C47H55FN4O6/c48-37-15-11-14-34(27-37)35-26-36(46(33-12-7-6-8-13-33)52(47(56)57)41-31-51-23-20-32(41)21-24-51)29-38(28-35)58-25-10-5-3-1-2-4-9-22-49-30-43(54)39-16-18-42(53)45-40(39)17-19-44(55)50-45/h6-8,11-19,26-29,32,41,43,46,49,53-54H,1-5,9-10,20-25,30-31H2,(H,50,55)(H,56,57)/t41?,43-,46+/m0/s1. The molecule has 0 spiro atoms. The first-order chi connectivity index (χ1) is 28.2. The predicted octanol–water partition coefficient (Wildman–Crippen LogP) is 8.64. The summed E-state index contributed by atoms with van der Waals surface area (Å²) in [5.74, 6) is 0.588. The van der Waals surface area contributed by atoms with Gasteiger partial charge in [-0.25, -0.2) is 9.18 Å². The zero-order chi connectivity index (χ0) is 40.4. The highest BCUT2D eigenvalue weighted by molar-refractivity contribution is 5.87. The molecule has 3 aliphatic rings. The average molecular weight is 791 g/mol. The van der Waals surface area contributed by atoms with E-state index in [1.807, 2.05) is 54.6 Å². The molecule has 0 aliphatic carbocycles. The monoisotopic (exact) mass is 790 g/mol. The van der Waals surface area contributed by atoms with Crippen molar-refractivity contribution < 1.29 is 29.2 Å². The van der Waals surface area contributed by atoms with Crippen LogP contribution in [-0.2, 0) is 0 Å². The van der Waals surface area contributed by atoms with Gasteiger partial charge in [-0.1, -0.05) is 80.6 Å². The van der Waals surface area contributed by atoms with Crippen LogP contribution in [0.25, 0.3) is 22.0 Å². The third-order valence-electron chi connectivity index (χ3n) is 11.9. The zero-order valence-corrected chi connectivity index (χ0v) is 33.0. The van der Waals surface area contributed by atoms with Crippen LogP contribution in [0.4, 0.5) is 9.18 Å². The summed E-state index contributed by atoms with van der Waals surface area (Å²) in [5, 5.41) is 35.7. The quantitative estimate of drug-likeness (QED) is 0.0525. The van der Waals surface area contributed by atoms with Crippen LogP contribution >= 0.6 is 0 Å². The number of hydrogen-bond donors (Lipinski definition) is 5. The molecule has 10 nitrogen and oxygen atoms in total. The summed E-state index contributed by atoms with van der Waals surface area (Å²) < 4.78 is 20.9. The second-order valence-electron chi connectivity index (χ2n) is 15.8. The first-order valence-corrected chi connectivity index (χ1v) is 20.8. The molecule has 11 heteroatoms. The number of amides is 1. The number of phenols is 1. The smallest absolute Gasteiger partial charge is 0.408 e. The van der Waals surface area contributed by atoms with Gasteiger partial charge in [-0.3, -0.25) is 9.69 Å². The van der Waals surface area contributed by atoms with Crippen LogP contribution in [0.2, 0.25) is 0 Å². The van der Waals surface area contributed by atoms with Crippen molar-refractivity contribution in [3.8, 4) is 22.6 Å². The summed E-state index contributed by atoms with van der Waals surface area (Å²) in [7, 11) is 0. The van der Waals surface area contributed by atoms with Crippen molar-refractivity contribution in [2.24, 2.45) is 5.92 Å². The molecule has 4 heterocycles. The van der Waals surface area contributed by atoms with Crippen molar-refractivity contribution in [1.82, 2.24) is 20.1 Å². The lowest BCUT2D eigenvalue weighted by Gasteiger charge is -2.50. The van der Waals surface area contributed by atoms with Crippen molar-refractivity contribution in [2.75, 3.05) is 39.3 Å². The van der Waals surface area contributed by atoms with E-state index in [-0.39, 0.29) is 23.2 Å². The molecule has 4 aromatic carbocycles. The van der Waals surface area contributed by atoms with Crippen LogP contribution in [0.1, 0.15) is 86.6 Å². The number of rotatable bonds is 19. The number of hydrogen-bond acceptors (Lipinski definition) is 7. The Balaban J connectivity index is 0.920. The topological polar surface area (TPSA) is 138 Å². The van der Waals surface area contributed by atoms with Crippen molar-refractivity contribution in [2.45, 2.75) is 76.0 Å². The lowest BCUT2D eigenvalue weighted by Crippen LogP contribution is -2.59. The van der Waals surface area contributed by atoms with Gasteiger partial charge in [0, 0.05) is 24.5 Å². The number of halogens is 1. The molecular weight excluding hydrogens is 736 g/mol. The second-order valence-corrected chi connectivity index (χ2v) is 15.8. The number of pyridine rings is 1. The summed E-state index contributed by atoms with van der Waals surface area (Å²) in [6, 6.07) is 27.7. The Morgan fingerprint density at radius 2 is 1.62 bits per heavy atom. The van der Waals surface area contributed by atoms with Gasteiger partial charge in [-0.2, -0.15) is 0 Å². The first kappa shape index (κ1) is 40.9. The van der Waals surface area contributed by atoms with Crippen molar-refractivity contribution >= 4 is 17.0 Å². The summed E-state index contributed by atoms with van der Waals surface area (Å²) in [6.07, 6.45) is 7.54. The minimum atomic E-state index is -0.943. The summed E-state index contributed by atoms with van der Waals surface area (Å²) in [4.78, 5) is 31.6. The van der Waals surface area contributed by atoms with Gasteiger partial charge in [0.15, 0.2) is 0 Å².